The van der Waals surface area contributed by atoms with Crippen LogP contribution in [-0.4, -0.2) is 61.2 Å². The lowest BCUT2D eigenvalue weighted by Gasteiger charge is -2.37. The monoisotopic (exact) mass is 452 g/mol. The van der Waals surface area contributed by atoms with Gasteiger partial charge in [0.1, 0.15) is 23.4 Å². The molecule has 2 amide bonds. The summed E-state index contributed by atoms with van der Waals surface area (Å²) in [6, 6.07) is 0.764. The van der Waals surface area contributed by atoms with Crippen molar-refractivity contribution in [1.29, 1.82) is 5.26 Å². The summed E-state index contributed by atoms with van der Waals surface area (Å²) in [5, 5.41) is 18.2. The smallest absolute Gasteiger partial charge is 0.408 e. The first-order valence-electron chi connectivity index (χ1n) is 10.8. The molecule has 9 heteroatoms. The molecule has 0 aromatic rings. The van der Waals surface area contributed by atoms with E-state index in [1.54, 1.807) is 40.7 Å². The maximum Gasteiger partial charge on any atom is 0.408 e. The molecule has 1 unspecified atom stereocenters. The number of nitrogens with one attached hydrogen (secondary N) is 3. The van der Waals surface area contributed by atoms with Gasteiger partial charge < -0.3 is 25.4 Å². The van der Waals surface area contributed by atoms with E-state index in [0.717, 1.165) is 0 Å². The highest BCUT2D eigenvalue weighted by Crippen LogP contribution is 2.23. The lowest BCUT2D eigenvalue weighted by molar-refractivity contribution is -0.131. The molecule has 1 saturated heterocycles. The van der Waals surface area contributed by atoms with Crippen molar-refractivity contribution in [2.45, 2.75) is 83.8 Å². The van der Waals surface area contributed by atoms with Crippen molar-refractivity contribution in [2.75, 3.05) is 19.8 Å². The second-order valence-corrected chi connectivity index (χ2v) is 9.12. The summed E-state index contributed by atoms with van der Waals surface area (Å²) in [6.07, 6.45) is 0.333. The highest BCUT2D eigenvalue weighted by atomic mass is 19.1. The fourth-order valence-electron chi connectivity index (χ4n) is 3.13. The van der Waals surface area contributed by atoms with Crippen molar-refractivity contribution >= 4 is 12.0 Å². The summed E-state index contributed by atoms with van der Waals surface area (Å²) in [4.78, 5) is 25.7. The second kappa shape index (κ2) is 12.0. The number of nitrogens with zero attached hydrogens (tertiary/aromatic N) is 1. The van der Waals surface area contributed by atoms with Gasteiger partial charge in [0.05, 0.1) is 6.07 Å². The summed E-state index contributed by atoms with van der Waals surface area (Å²) in [5.41, 5.74) is -0.700. The van der Waals surface area contributed by atoms with Gasteiger partial charge in [-0.3, -0.25) is 4.79 Å². The third-order valence-corrected chi connectivity index (χ3v) is 5.42. The number of carbonyl (C=O) groups is 2. The largest absolute Gasteiger partial charge is 0.444 e. The van der Waals surface area contributed by atoms with E-state index in [2.05, 4.69) is 28.6 Å². The second-order valence-electron chi connectivity index (χ2n) is 9.12. The predicted octanol–water partition coefficient (Wildman–Crippen LogP) is 2.91. The average Bonchev–Trinajstić information content (AvgIpc) is 2.70. The van der Waals surface area contributed by atoms with E-state index in [-0.39, 0.29) is 32.1 Å². The number of amides is 2. The van der Waals surface area contributed by atoms with Gasteiger partial charge in [0, 0.05) is 38.6 Å². The molecular formula is C23H37FN4O4. The van der Waals surface area contributed by atoms with Crippen LogP contribution in [0.3, 0.4) is 0 Å². The van der Waals surface area contributed by atoms with Gasteiger partial charge in [0.2, 0.25) is 5.91 Å². The Morgan fingerprint density at radius 2 is 1.91 bits per heavy atom. The van der Waals surface area contributed by atoms with Crippen LogP contribution in [0.5, 0.6) is 0 Å². The van der Waals surface area contributed by atoms with Gasteiger partial charge in [0.15, 0.2) is 0 Å². The molecule has 32 heavy (non-hydrogen) atoms. The van der Waals surface area contributed by atoms with E-state index in [0.29, 0.717) is 17.7 Å². The Bertz CT molecular complexity index is 746. The molecule has 180 valence electrons. The van der Waals surface area contributed by atoms with Gasteiger partial charge in [-0.1, -0.05) is 12.7 Å². The van der Waals surface area contributed by atoms with Crippen molar-refractivity contribution in [2.24, 2.45) is 0 Å². The van der Waals surface area contributed by atoms with Crippen LogP contribution >= 0.6 is 0 Å². The zero-order valence-electron chi connectivity index (χ0n) is 20.0. The van der Waals surface area contributed by atoms with Crippen LogP contribution in [0.2, 0.25) is 0 Å². The van der Waals surface area contributed by atoms with Gasteiger partial charge >= 0.3 is 6.09 Å². The summed E-state index contributed by atoms with van der Waals surface area (Å²) in [7, 11) is 0. The number of nitriles is 1. The van der Waals surface area contributed by atoms with Crippen molar-refractivity contribution in [3.05, 3.63) is 23.8 Å². The van der Waals surface area contributed by atoms with Crippen LogP contribution in [0, 0.1) is 11.3 Å². The molecule has 1 fully saturated rings. The highest BCUT2D eigenvalue weighted by Gasteiger charge is 2.43. The van der Waals surface area contributed by atoms with Crippen LogP contribution in [0.25, 0.3) is 0 Å². The molecule has 1 heterocycles. The Kier molecular flexibility index (Phi) is 10.3. The number of rotatable bonds is 9. The van der Waals surface area contributed by atoms with Crippen LogP contribution in [-0.2, 0) is 14.3 Å². The van der Waals surface area contributed by atoms with E-state index < -0.39 is 35.4 Å². The molecule has 0 aliphatic carbocycles. The molecule has 0 aromatic carbocycles. The lowest BCUT2D eigenvalue weighted by Crippen LogP contribution is -2.63. The van der Waals surface area contributed by atoms with Gasteiger partial charge in [-0.2, -0.15) is 5.26 Å². The molecule has 1 aliphatic rings. The minimum absolute atomic E-state index is 0.251. The molecular weight excluding hydrogens is 415 g/mol. The molecule has 0 spiro atoms. The maximum absolute atomic E-state index is 13.4. The van der Waals surface area contributed by atoms with Crippen molar-refractivity contribution < 1.29 is 23.5 Å². The minimum Gasteiger partial charge on any atom is -0.444 e. The Labute approximate surface area is 190 Å². The predicted molar refractivity (Wildman–Crippen MR) is 121 cm³/mol. The topological polar surface area (TPSA) is 112 Å². The van der Waals surface area contributed by atoms with E-state index in [4.69, 9.17) is 9.47 Å². The van der Waals surface area contributed by atoms with Gasteiger partial charge in [0.25, 0.3) is 0 Å². The summed E-state index contributed by atoms with van der Waals surface area (Å²) < 4.78 is 24.1. The standard InChI is InChI=1S/C23H37FN4O4/c1-8-18(14-26-17(4)16(3)24)15(2)19(13-25)27-20(29)23(9-11-31-12-10-23)28-21(30)32-22(5,6)7/h8,16-17,19,26H,1,9-12,14H2,2-7H3,(H,27,29)(H,28,30)/b18-15+/t16-,17?,19-/m1/s1. The number of halogens is 1. The van der Waals surface area contributed by atoms with Crippen molar-refractivity contribution in [1.82, 2.24) is 16.0 Å². The van der Waals surface area contributed by atoms with E-state index in [1.807, 2.05) is 0 Å². The Balaban J connectivity index is 3.04. The third-order valence-electron chi connectivity index (χ3n) is 5.42. The third kappa shape index (κ3) is 8.24. The number of alkyl halides is 1. The summed E-state index contributed by atoms with van der Waals surface area (Å²) >= 11 is 0. The fourth-order valence-corrected chi connectivity index (χ4v) is 3.13. The number of carbonyl (C=O) groups excluding carboxylic acids is 2. The average molecular weight is 453 g/mol. The fraction of sp³-hybridized carbons (Fsp3) is 0.696. The highest BCUT2D eigenvalue weighted by molar-refractivity contribution is 5.90. The number of alkyl carbamates (subject to hydrolysis) is 1. The molecule has 8 nitrogen and oxygen atoms in total. The number of hydrogen-bond acceptors (Lipinski definition) is 6. The first-order chi connectivity index (χ1) is 14.8. The Morgan fingerprint density at radius 1 is 1.31 bits per heavy atom. The van der Waals surface area contributed by atoms with Gasteiger partial charge in [-0.25, -0.2) is 9.18 Å². The molecule has 0 saturated carbocycles. The van der Waals surface area contributed by atoms with Crippen LogP contribution in [0.15, 0.2) is 23.8 Å². The first-order valence-corrected chi connectivity index (χ1v) is 10.8. The van der Waals surface area contributed by atoms with Crippen LogP contribution in [0.4, 0.5) is 9.18 Å². The molecule has 0 bridgehead atoms. The van der Waals surface area contributed by atoms with Crippen molar-refractivity contribution in [3.63, 3.8) is 0 Å². The molecule has 3 atom stereocenters. The normalized spacial score (nSPS) is 19.4. The minimum atomic E-state index is -1.25. The molecule has 1 aliphatic heterocycles. The molecule has 0 radical (unpaired) electrons. The van der Waals surface area contributed by atoms with Crippen LogP contribution in [0.1, 0.15) is 54.4 Å². The zero-order valence-corrected chi connectivity index (χ0v) is 20.0. The maximum atomic E-state index is 13.4. The quantitative estimate of drug-likeness (QED) is 0.464. The number of hydrogen-bond donors (Lipinski definition) is 3. The van der Waals surface area contributed by atoms with Crippen molar-refractivity contribution in [3.8, 4) is 6.07 Å². The zero-order chi connectivity index (χ0) is 24.5. The van der Waals surface area contributed by atoms with E-state index in [9.17, 15) is 19.2 Å². The summed E-state index contributed by atoms with van der Waals surface area (Å²) in [5.74, 6) is -0.486. The Morgan fingerprint density at radius 3 is 2.38 bits per heavy atom. The van der Waals surface area contributed by atoms with Gasteiger partial charge in [-0.15, -0.1) is 0 Å². The van der Waals surface area contributed by atoms with Crippen LogP contribution < -0.4 is 16.0 Å². The SMILES string of the molecule is C=C/C(CNC(C)[C@@H](C)F)=C(/C)[C@@H](C#N)NC(=O)C1(NC(=O)OC(C)(C)C)CCOCC1. The van der Waals surface area contributed by atoms with E-state index in [1.165, 1.54) is 6.92 Å². The lowest BCUT2D eigenvalue weighted by atomic mass is 9.88. The molecule has 1 rings (SSSR count). The first kappa shape index (κ1) is 27.6. The molecule has 0 aromatic heterocycles. The molecule has 3 N–H and O–H groups in total. The van der Waals surface area contributed by atoms with E-state index >= 15 is 0 Å². The Hall–Kier alpha value is -2.44. The number of ether oxygens (including phenoxy) is 2. The summed E-state index contributed by atoms with van der Waals surface area (Å²) in [6.45, 7) is 14.8. The van der Waals surface area contributed by atoms with Gasteiger partial charge in [-0.05, 0) is 52.7 Å².